The third-order valence-electron chi connectivity index (χ3n) is 4.29. The molecule has 0 aliphatic carbocycles. The van der Waals surface area contributed by atoms with Crippen LogP contribution in [0.15, 0.2) is 47.1 Å². The van der Waals surface area contributed by atoms with Crippen molar-refractivity contribution in [3.05, 3.63) is 53.2 Å². The summed E-state index contributed by atoms with van der Waals surface area (Å²) in [5, 5.41) is 0. The van der Waals surface area contributed by atoms with E-state index in [1.165, 1.54) is 33.3 Å². The number of carbonyl (C=O) groups excluding carboxylic acids is 3. The Morgan fingerprint density at radius 2 is 1.62 bits per heavy atom. The lowest BCUT2D eigenvalue weighted by Crippen LogP contribution is -2.07. The van der Waals surface area contributed by atoms with Crippen LogP contribution in [0.4, 0.5) is 0 Å². The number of esters is 3. The summed E-state index contributed by atoms with van der Waals surface area (Å²) in [6, 6.07) is 9.51. The number of aliphatic imine (C=N–C) groups is 1. The summed E-state index contributed by atoms with van der Waals surface area (Å²) in [4.78, 5) is 39.3. The number of rotatable bonds is 7. The topological polar surface area (TPSA) is 110 Å². The van der Waals surface area contributed by atoms with Crippen LogP contribution < -0.4 is 18.9 Å². The fourth-order valence-corrected chi connectivity index (χ4v) is 2.78. The summed E-state index contributed by atoms with van der Waals surface area (Å²) < 4.78 is 26.1. The van der Waals surface area contributed by atoms with Gasteiger partial charge in [-0.2, -0.15) is 0 Å². The van der Waals surface area contributed by atoms with E-state index in [9.17, 15) is 14.4 Å². The maximum absolute atomic E-state index is 12.3. The van der Waals surface area contributed by atoms with Gasteiger partial charge < -0.3 is 23.7 Å². The molecule has 1 aliphatic rings. The van der Waals surface area contributed by atoms with Crippen molar-refractivity contribution in [1.82, 2.24) is 0 Å². The molecule has 9 heteroatoms. The second-order valence-corrected chi connectivity index (χ2v) is 6.53. The molecular formula is C23H21NO8. The Labute approximate surface area is 184 Å². The molecule has 0 bridgehead atoms. The van der Waals surface area contributed by atoms with Gasteiger partial charge in [0.1, 0.15) is 0 Å². The molecule has 0 amide bonds. The van der Waals surface area contributed by atoms with Gasteiger partial charge in [-0.05, 0) is 42.0 Å². The molecule has 3 rings (SSSR count). The Balaban J connectivity index is 1.89. The van der Waals surface area contributed by atoms with Crippen LogP contribution in [0, 0.1) is 0 Å². The molecule has 0 atom stereocenters. The molecule has 0 spiro atoms. The van der Waals surface area contributed by atoms with Gasteiger partial charge in [-0.3, -0.25) is 9.59 Å². The number of benzene rings is 2. The number of hydrogen-bond acceptors (Lipinski definition) is 9. The van der Waals surface area contributed by atoms with Crippen LogP contribution in [-0.2, 0) is 19.1 Å². The number of carbonyl (C=O) groups is 3. The molecule has 166 valence electrons. The molecule has 9 nitrogen and oxygen atoms in total. The van der Waals surface area contributed by atoms with Crippen LogP contribution in [0.3, 0.4) is 0 Å². The van der Waals surface area contributed by atoms with Gasteiger partial charge in [0.2, 0.25) is 5.90 Å². The highest BCUT2D eigenvalue weighted by Gasteiger charge is 2.25. The first-order valence-corrected chi connectivity index (χ1v) is 9.62. The van der Waals surface area contributed by atoms with E-state index in [0.29, 0.717) is 16.9 Å². The maximum atomic E-state index is 12.3. The maximum Gasteiger partial charge on any atom is 0.363 e. The van der Waals surface area contributed by atoms with E-state index in [1.807, 2.05) is 0 Å². The van der Waals surface area contributed by atoms with Gasteiger partial charge in [0, 0.05) is 18.9 Å². The smallest absolute Gasteiger partial charge is 0.363 e. The zero-order valence-electron chi connectivity index (χ0n) is 18.0. The van der Waals surface area contributed by atoms with Gasteiger partial charge in [0.05, 0.1) is 14.2 Å². The summed E-state index contributed by atoms with van der Waals surface area (Å²) >= 11 is 0. The van der Waals surface area contributed by atoms with E-state index >= 15 is 0 Å². The normalized spacial score (nSPS) is 13.9. The van der Waals surface area contributed by atoms with Crippen molar-refractivity contribution in [2.24, 2.45) is 4.99 Å². The molecule has 1 heterocycles. The van der Waals surface area contributed by atoms with E-state index in [1.54, 1.807) is 37.3 Å². The van der Waals surface area contributed by atoms with Crippen LogP contribution in [0.5, 0.6) is 23.0 Å². The highest BCUT2D eigenvalue weighted by molar-refractivity contribution is 6.13. The molecule has 32 heavy (non-hydrogen) atoms. The Bertz CT molecular complexity index is 1130. The third-order valence-corrected chi connectivity index (χ3v) is 4.29. The van der Waals surface area contributed by atoms with E-state index in [0.717, 1.165) is 0 Å². The highest BCUT2D eigenvalue weighted by atomic mass is 16.6. The predicted octanol–water partition coefficient (Wildman–Crippen LogP) is 3.29. The first-order valence-electron chi connectivity index (χ1n) is 9.62. The SMILES string of the molecule is CCC(=O)Oc1ccc(/C=C2\N=C(c3ccc(OC(C)=O)c(OC)c3)OC2=O)cc1OC. The lowest BCUT2D eigenvalue weighted by atomic mass is 10.1. The Kier molecular flexibility index (Phi) is 6.89. The molecule has 1 aliphatic heterocycles. The molecule has 2 aromatic carbocycles. The van der Waals surface area contributed by atoms with Crippen molar-refractivity contribution in [2.45, 2.75) is 20.3 Å². The Morgan fingerprint density at radius 1 is 0.969 bits per heavy atom. The average Bonchev–Trinajstić information content (AvgIpc) is 3.14. The summed E-state index contributed by atoms with van der Waals surface area (Å²) in [6.45, 7) is 2.97. The number of hydrogen-bond donors (Lipinski definition) is 0. The van der Waals surface area contributed by atoms with Crippen molar-refractivity contribution in [2.75, 3.05) is 14.2 Å². The zero-order valence-corrected chi connectivity index (χ0v) is 18.0. The largest absolute Gasteiger partial charge is 0.493 e. The van der Waals surface area contributed by atoms with Gasteiger partial charge in [-0.25, -0.2) is 9.79 Å². The first-order chi connectivity index (χ1) is 15.3. The van der Waals surface area contributed by atoms with Crippen LogP contribution in [-0.4, -0.2) is 38.0 Å². The first kappa shape index (κ1) is 22.5. The lowest BCUT2D eigenvalue weighted by molar-refractivity contribution is -0.134. The minimum atomic E-state index is -0.636. The molecule has 0 N–H and O–H groups in total. The van der Waals surface area contributed by atoms with E-state index < -0.39 is 17.9 Å². The Morgan fingerprint density at radius 3 is 2.28 bits per heavy atom. The summed E-state index contributed by atoms with van der Waals surface area (Å²) in [7, 11) is 2.87. The monoisotopic (exact) mass is 439 g/mol. The minimum absolute atomic E-state index is 0.0726. The third kappa shape index (κ3) is 5.12. The number of nitrogens with zero attached hydrogens (tertiary/aromatic N) is 1. The quantitative estimate of drug-likeness (QED) is 0.367. The van der Waals surface area contributed by atoms with Crippen LogP contribution >= 0.6 is 0 Å². The molecule has 0 aromatic heterocycles. The minimum Gasteiger partial charge on any atom is -0.493 e. The van der Waals surface area contributed by atoms with Gasteiger partial charge >= 0.3 is 17.9 Å². The molecule has 0 radical (unpaired) electrons. The van der Waals surface area contributed by atoms with Crippen molar-refractivity contribution < 1.29 is 38.1 Å². The van der Waals surface area contributed by atoms with Gasteiger partial charge in [0.25, 0.3) is 0 Å². The van der Waals surface area contributed by atoms with Crippen molar-refractivity contribution in [3.8, 4) is 23.0 Å². The number of ether oxygens (including phenoxy) is 5. The van der Waals surface area contributed by atoms with Gasteiger partial charge in [-0.15, -0.1) is 0 Å². The van der Waals surface area contributed by atoms with Crippen molar-refractivity contribution in [3.63, 3.8) is 0 Å². The fraction of sp³-hybridized carbons (Fsp3) is 0.217. The molecule has 0 unspecified atom stereocenters. The second kappa shape index (κ2) is 9.78. The van der Waals surface area contributed by atoms with Gasteiger partial charge in [-0.1, -0.05) is 13.0 Å². The molecule has 0 saturated carbocycles. The predicted molar refractivity (Wildman–Crippen MR) is 114 cm³/mol. The zero-order chi connectivity index (χ0) is 23.3. The number of cyclic esters (lactones) is 1. The van der Waals surface area contributed by atoms with Crippen LogP contribution in [0.2, 0.25) is 0 Å². The van der Waals surface area contributed by atoms with E-state index in [2.05, 4.69) is 4.99 Å². The van der Waals surface area contributed by atoms with Gasteiger partial charge in [0.15, 0.2) is 28.7 Å². The fourth-order valence-electron chi connectivity index (χ4n) is 2.78. The van der Waals surface area contributed by atoms with Crippen molar-refractivity contribution >= 4 is 29.9 Å². The van der Waals surface area contributed by atoms with E-state index in [-0.39, 0.29) is 35.3 Å². The summed E-state index contributed by atoms with van der Waals surface area (Å²) in [5.41, 5.74) is 1.13. The second-order valence-electron chi connectivity index (χ2n) is 6.53. The van der Waals surface area contributed by atoms with Crippen LogP contribution in [0.1, 0.15) is 31.4 Å². The van der Waals surface area contributed by atoms with Crippen molar-refractivity contribution in [1.29, 1.82) is 0 Å². The van der Waals surface area contributed by atoms with Crippen LogP contribution in [0.25, 0.3) is 6.08 Å². The average molecular weight is 439 g/mol. The van der Waals surface area contributed by atoms with E-state index in [4.69, 9.17) is 23.7 Å². The lowest BCUT2D eigenvalue weighted by Gasteiger charge is -2.09. The number of methoxy groups -OCH3 is 2. The summed E-state index contributed by atoms with van der Waals surface area (Å²) in [5.74, 6) is -0.300. The molecule has 0 fully saturated rings. The summed E-state index contributed by atoms with van der Waals surface area (Å²) in [6.07, 6.45) is 1.75. The standard InChI is InChI=1S/C23H21NO8/c1-5-21(26)31-18-8-6-14(11-19(18)28-3)10-16-23(27)32-22(24-16)15-7-9-17(30-13(2)25)20(12-15)29-4/h6-12H,5H2,1-4H3/b16-10-. The molecule has 0 saturated heterocycles. The molecule has 2 aromatic rings. The highest BCUT2D eigenvalue weighted by Crippen LogP contribution is 2.32. The molecular weight excluding hydrogens is 418 g/mol. The Hall–Kier alpha value is -4.14.